The van der Waals surface area contributed by atoms with Gasteiger partial charge < -0.3 is 10.1 Å². The number of fused-ring (bicyclic) bond motifs is 1. The number of aromatic nitrogens is 2. The van der Waals surface area contributed by atoms with Crippen LogP contribution in [0.25, 0.3) is 16.7 Å². The minimum absolute atomic E-state index is 0.168. The van der Waals surface area contributed by atoms with E-state index in [1.165, 1.54) is 24.3 Å². The molecule has 1 amide bonds. The van der Waals surface area contributed by atoms with E-state index in [2.05, 4.69) is 10.3 Å². The van der Waals surface area contributed by atoms with Crippen molar-refractivity contribution >= 4 is 34.9 Å². The molecule has 0 aliphatic heterocycles. The minimum Gasteiger partial charge on any atom is -0.464 e. The van der Waals surface area contributed by atoms with Crippen molar-refractivity contribution in [3.05, 3.63) is 99.5 Å². The van der Waals surface area contributed by atoms with Crippen LogP contribution < -0.4 is 15.9 Å². The first-order valence-corrected chi connectivity index (χ1v) is 11.6. The number of benzene rings is 2. The summed E-state index contributed by atoms with van der Waals surface area (Å²) in [7, 11) is 1.07. The van der Waals surface area contributed by atoms with Crippen LogP contribution >= 0.6 is 11.9 Å². The average molecular weight is 529 g/mol. The van der Waals surface area contributed by atoms with Gasteiger partial charge in [-0.15, -0.1) is 0 Å². The van der Waals surface area contributed by atoms with Gasteiger partial charge in [-0.25, -0.2) is 9.78 Å². The molecule has 190 valence electrons. The number of halogens is 3. The molecule has 12 heteroatoms. The molecule has 2 heterocycles. The van der Waals surface area contributed by atoms with Crippen LogP contribution in [0.1, 0.15) is 32.1 Å². The van der Waals surface area contributed by atoms with E-state index in [-0.39, 0.29) is 33.5 Å². The molecule has 0 saturated carbocycles. The molecule has 0 saturated heterocycles. The molecule has 0 atom stereocenters. The smallest absolute Gasteiger partial charge is 0.433 e. The van der Waals surface area contributed by atoms with E-state index in [0.29, 0.717) is 6.07 Å². The molecule has 2 aromatic carbocycles. The molecular weight excluding hydrogens is 509 g/mol. The maximum Gasteiger partial charge on any atom is 0.433 e. The molecular formula is C25H19F3N4O4S. The summed E-state index contributed by atoms with van der Waals surface area (Å²) < 4.78 is 46.4. The highest BCUT2D eigenvalue weighted by atomic mass is 32.2. The molecule has 0 aliphatic rings. The van der Waals surface area contributed by atoms with Crippen molar-refractivity contribution in [3.63, 3.8) is 0 Å². The molecule has 4 aromatic rings. The van der Waals surface area contributed by atoms with E-state index in [1.54, 1.807) is 30.3 Å². The zero-order valence-corrected chi connectivity index (χ0v) is 20.0. The molecule has 4 rings (SSSR count). The normalized spacial score (nSPS) is 11.4. The van der Waals surface area contributed by atoms with Crippen LogP contribution in [0.15, 0.2) is 76.4 Å². The average Bonchev–Trinajstić information content (AvgIpc) is 2.91. The third kappa shape index (κ3) is 5.20. The lowest BCUT2D eigenvalue weighted by Gasteiger charge is -2.19. The van der Waals surface area contributed by atoms with Crippen LogP contribution in [0, 0.1) is 0 Å². The van der Waals surface area contributed by atoms with Gasteiger partial charge in [0, 0.05) is 22.7 Å². The van der Waals surface area contributed by atoms with E-state index in [4.69, 9.17) is 9.88 Å². The number of esters is 1. The van der Waals surface area contributed by atoms with Crippen molar-refractivity contribution in [2.24, 2.45) is 5.14 Å². The third-order valence-corrected chi connectivity index (χ3v) is 6.02. The van der Waals surface area contributed by atoms with Crippen molar-refractivity contribution < 1.29 is 27.5 Å². The molecule has 0 fully saturated rings. The van der Waals surface area contributed by atoms with Gasteiger partial charge in [0.15, 0.2) is 5.43 Å². The summed E-state index contributed by atoms with van der Waals surface area (Å²) >= 11 is 1.01. The van der Waals surface area contributed by atoms with Gasteiger partial charge in [-0.05, 0) is 60.5 Å². The Bertz CT molecular complexity index is 1540. The van der Waals surface area contributed by atoms with Gasteiger partial charge in [-0.1, -0.05) is 18.2 Å². The molecule has 8 nitrogen and oxygen atoms in total. The number of carbonyl (C=O) groups is 2. The number of methoxy groups -OCH3 is 1. The van der Waals surface area contributed by atoms with E-state index >= 15 is 0 Å². The highest BCUT2D eigenvalue weighted by molar-refractivity contribution is 7.97. The number of hydrogen-bond acceptors (Lipinski definition) is 7. The van der Waals surface area contributed by atoms with Gasteiger partial charge in [0.05, 0.1) is 18.1 Å². The van der Waals surface area contributed by atoms with E-state index in [0.717, 1.165) is 34.6 Å². The Balaban J connectivity index is 1.92. The number of pyridine rings is 2. The van der Waals surface area contributed by atoms with Crippen molar-refractivity contribution in [3.8, 4) is 5.69 Å². The second-order valence-electron chi connectivity index (χ2n) is 7.71. The second kappa shape index (κ2) is 10.4. The van der Waals surface area contributed by atoms with Gasteiger partial charge in [0.25, 0.3) is 5.91 Å². The molecule has 0 unspecified atom stereocenters. The molecule has 0 spiro atoms. The standard InChI is InChI=1S/C25H19F3N4O4S/c1-36-24(35)20-18(13-30-23(34)14-7-9-16(37-29)10-8-14)21(33)17-11-12-19(25(26,27)28)31-22(17)32(20)15-5-3-2-4-6-15/h2-12H,13,29H2,1H3,(H,30,34). The van der Waals surface area contributed by atoms with Crippen LogP contribution in [0.4, 0.5) is 13.2 Å². The van der Waals surface area contributed by atoms with Gasteiger partial charge >= 0.3 is 12.1 Å². The molecule has 0 bridgehead atoms. The van der Waals surface area contributed by atoms with Crippen molar-refractivity contribution in [1.82, 2.24) is 14.9 Å². The SMILES string of the molecule is COC(=O)c1c(CNC(=O)c2ccc(SN)cc2)c(=O)c2ccc(C(F)(F)F)nc2n1-c1ccccc1. The van der Waals surface area contributed by atoms with Crippen molar-refractivity contribution in [1.29, 1.82) is 0 Å². The first-order chi connectivity index (χ1) is 17.7. The lowest BCUT2D eigenvalue weighted by atomic mass is 10.1. The quantitative estimate of drug-likeness (QED) is 0.286. The van der Waals surface area contributed by atoms with Crippen molar-refractivity contribution in [2.75, 3.05) is 7.11 Å². The van der Waals surface area contributed by atoms with Gasteiger partial charge in [0.2, 0.25) is 0 Å². The summed E-state index contributed by atoms with van der Waals surface area (Å²) in [6, 6.07) is 16.0. The fraction of sp³-hybridized carbons (Fsp3) is 0.120. The van der Waals surface area contributed by atoms with Gasteiger partial charge in [-0.2, -0.15) is 13.2 Å². The summed E-state index contributed by atoms with van der Waals surface area (Å²) in [5.74, 6) is -1.53. The number of nitrogens with zero attached hydrogens (tertiary/aromatic N) is 2. The number of hydrogen-bond donors (Lipinski definition) is 2. The fourth-order valence-corrected chi connectivity index (χ4v) is 4.02. The van der Waals surface area contributed by atoms with Crippen LogP contribution in [-0.4, -0.2) is 28.5 Å². The van der Waals surface area contributed by atoms with E-state index < -0.39 is 35.7 Å². The number of nitrogens with one attached hydrogen (secondary N) is 1. The van der Waals surface area contributed by atoms with Gasteiger partial charge in [0.1, 0.15) is 17.0 Å². The monoisotopic (exact) mass is 528 g/mol. The third-order valence-electron chi connectivity index (χ3n) is 5.48. The van der Waals surface area contributed by atoms with E-state index in [9.17, 15) is 27.6 Å². The summed E-state index contributed by atoms with van der Waals surface area (Å²) in [5.41, 5.74) is -2.36. The van der Waals surface area contributed by atoms with Crippen molar-refractivity contribution in [2.45, 2.75) is 17.6 Å². The minimum atomic E-state index is -4.79. The molecule has 0 radical (unpaired) electrons. The topological polar surface area (TPSA) is 116 Å². The summed E-state index contributed by atoms with van der Waals surface area (Å²) in [6.07, 6.45) is -4.79. The number of amides is 1. The Morgan fingerprint density at radius 2 is 1.73 bits per heavy atom. The Kier molecular flexibility index (Phi) is 7.32. The van der Waals surface area contributed by atoms with Crippen LogP contribution in [0.2, 0.25) is 0 Å². The molecule has 2 aromatic heterocycles. The first-order valence-electron chi connectivity index (χ1n) is 10.7. The number of alkyl halides is 3. The van der Waals surface area contributed by atoms with Crippen LogP contribution in [0.3, 0.4) is 0 Å². The Morgan fingerprint density at radius 1 is 1.05 bits per heavy atom. The molecule has 0 aliphatic carbocycles. The van der Waals surface area contributed by atoms with Crippen LogP contribution in [-0.2, 0) is 17.5 Å². The lowest BCUT2D eigenvalue weighted by Crippen LogP contribution is -2.31. The lowest BCUT2D eigenvalue weighted by molar-refractivity contribution is -0.141. The largest absolute Gasteiger partial charge is 0.464 e. The molecule has 3 N–H and O–H groups in total. The Morgan fingerprint density at radius 3 is 2.32 bits per heavy atom. The van der Waals surface area contributed by atoms with E-state index in [1.807, 2.05) is 0 Å². The number of nitrogens with two attached hydrogens (primary N) is 1. The summed E-state index contributed by atoms with van der Waals surface area (Å²) in [5, 5.41) is 7.92. The molecule has 37 heavy (non-hydrogen) atoms. The van der Waals surface area contributed by atoms with Crippen LogP contribution in [0.5, 0.6) is 0 Å². The number of para-hydroxylation sites is 1. The maximum atomic E-state index is 13.5. The predicted octanol–water partition coefficient (Wildman–Crippen LogP) is 4.09. The highest BCUT2D eigenvalue weighted by Gasteiger charge is 2.34. The number of carbonyl (C=O) groups excluding carboxylic acids is 2. The zero-order chi connectivity index (χ0) is 26.7. The highest BCUT2D eigenvalue weighted by Crippen LogP contribution is 2.30. The second-order valence-corrected chi connectivity index (χ2v) is 8.42. The zero-order valence-electron chi connectivity index (χ0n) is 19.2. The fourth-order valence-electron chi connectivity index (χ4n) is 3.72. The first kappa shape index (κ1) is 25.9. The summed E-state index contributed by atoms with van der Waals surface area (Å²) in [4.78, 5) is 43.5. The summed E-state index contributed by atoms with van der Waals surface area (Å²) in [6.45, 7) is -0.403. The maximum absolute atomic E-state index is 13.5. The predicted molar refractivity (Wildman–Crippen MR) is 131 cm³/mol. The number of ether oxygens (including phenoxy) is 1. The Labute approximate surface area is 212 Å². The van der Waals surface area contributed by atoms with Gasteiger partial charge in [-0.3, -0.25) is 19.3 Å². The number of rotatable bonds is 6. The Hall–Kier alpha value is -4.16.